The second-order valence-electron chi connectivity index (χ2n) is 4.36. The van der Waals surface area contributed by atoms with Crippen molar-refractivity contribution in [3.05, 3.63) is 0 Å². The first kappa shape index (κ1) is 17.7. The third kappa shape index (κ3) is 15.7. The molecule has 16 heavy (non-hydrogen) atoms. The monoisotopic (exact) mass is 231 g/mol. The summed E-state index contributed by atoms with van der Waals surface area (Å²) in [6.07, 6.45) is 4.82. The molecule has 0 rings (SSSR count). The van der Waals surface area contributed by atoms with Crippen LogP contribution in [0.2, 0.25) is 0 Å². The number of hydrogen-bond acceptors (Lipinski definition) is 2. The van der Waals surface area contributed by atoms with Gasteiger partial charge >= 0.3 is 6.09 Å². The molecule has 2 atom stereocenters. The van der Waals surface area contributed by atoms with Crippen molar-refractivity contribution >= 4 is 6.09 Å². The van der Waals surface area contributed by atoms with Crippen molar-refractivity contribution in [1.29, 1.82) is 0 Å². The standard InChI is InChI=1S/C10H22.C3H7NO2/c1-5-9(3)7-8-10(4)6-2;1-2-6-3(4)5/h9-10H,5-8H2,1-4H3;2H2,1H3,(H2,4,5). The molecule has 0 saturated carbocycles. The lowest BCUT2D eigenvalue weighted by atomic mass is 9.95. The summed E-state index contributed by atoms with van der Waals surface area (Å²) in [6, 6.07) is 0. The fourth-order valence-corrected chi connectivity index (χ4v) is 1.12. The van der Waals surface area contributed by atoms with E-state index in [0.29, 0.717) is 6.61 Å². The average molecular weight is 231 g/mol. The largest absolute Gasteiger partial charge is 0.450 e. The molecule has 0 heterocycles. The zero-order valence-corrected chi connectivity index (χ0v) is 11.6. The van der Waals surface area contributed by atoms with E-state index in [1.54, 1.807) is 6.92 Å². The van der Waals surface area contributed by atoms with Crippen molar-refractivity contribution in [2.45, 2.75) is 60.3 Å². The first-order valence-electron chi connectivity index (χ1n) is 6.39. The van der Waals surface area contributed by atoms with Gasteiger partial charge in [-0.25, -0.2) is 4.79 Å². The summed E-state index contributed by atoms with van der Waals surface area (Å²) in [5.41, 5.74) is 4.54. The SMILES string of the molecule is CCC(C)CCC(C)CC.CCOC(N)=O. The number of nitrogens with two attached hydrogens (primary N) is 1. The minimum Gasteiger partial charge on any atom is -0.450 e. The number of carbonyl (C=O) groups excluding carboxylic acids is 1. The molecule has 2 unspecified atom stereocenters. The molecule has 0 saturated heterocycles. The van der Waals surface area contributed by atoms with Gasteiger partial charge in [-0.15, -0.1) is 0 Å². The minimum atomic E-state index is -0.711. The lowest BCUT2D eigenvalue weighted by Gasteiger charge is -2.11. The van der Waals surface area contributed by atoms with Gasteiger partial charge in [-0.3, -0.25) is 0 Å². The normalized spacial score (nSPS) is 13.3. The van der Waals surface area contributed by atoms with E-state index in [-0.39, 0.29) is 0 Å². The molecule has 0 aliphatic carbocycles. The number of ether oxygens (including phenoxy) is 1. The van der Waals surface area contributed by atoms with E-state index in [1.165, 1.54) is 25.7 Å². The summed E-state index contributed by atoms with van der Waals surface area (Å²) in [5.74, 6) is 1.88. The molecule has 0 radical (unpaired) electrons. The first-order valence-corrected chi connectivity index (χ1v) is 6.39. The molecule has 0 aliphatic rings. The fourth-order valence-electron chi connectivity index (χ4n) is 1.12. The van der Waals surface area contributed by atoms with Gasteiger partial charge in [0.25, 0.3) is 0 Å². The highest BCUT2D eigenvalue weighted by Crippen LogP contribution is 2.16. The quantitative estimate of drug-likeness (QED) is 0.752. The lowest BCUT2D eigenvalue weighted by molar-refractivity contribution is 0.163. The van der Waals surface area contributed by atoms with Gasteiger partial charge in [-0.1, -0.05) is 53.4 Å². The Labute approximate surface area is 101 Å². The average Bonchev–Trinajstić information content (AvgIpc) is 2.25. The Balaban J connectivity index is 0. The van der Waals surface area contributed by atoms with E-state index in [9.17, 15) is 4.79 Å². The number of rotatable bonds is 6. The van der Waals surface area contributed by atoms with Crippen LogP contribution in [0, 0.1) is 11.8 Å². The second-order valence-corrected chi connectivity index (χ2v) is 4.36. The molecule has 0 bridgehead atoms. The van der Waals surface area contributed by atoms with Crippen LogP contribution in [0.4, 0.5) is 4.79 Å². The Morgan fingerprint density at radius 1 is 1.06 bits per heavy atom. The van der Waals surface area contributed by atoms with Crippen LogP contribution in [0.25, 0.3) is 0 Å². The van der Waals surface area contributed by atoms with Crippen LogP contribution < -0.4 is 5.73 Å². The van der Waals surface area contributed by atoms with E-state index in [2.05, 4.69) is 38.2 Å². The van der Waals surface area contributed by atoms with Crippen molar-refractivity contribution in [1.82, 2.24) is 0 Å². The molecular weight excluding hydrogens is 202 g/mol. The van der Waals surface area contributed by atoms with E-state index in [1.807, 2.05) is 0 Å². The van der Waals surface area contributed by atoms with E-state index < -0.39 is 6.09 Å². The zero-order valence-electron chi connectivity index (χ0n) is 11.6. The second kappa shape index (κ2) is 12.3. The smallest absolute Gasteiger partial charge is 0.404 e. The van der Waals surface area contributed by atoms with Gasteiger partial charge in [0.1, 0.15) is 0 Å². The highest BCUT2D eigenvalue weighted by Gasteiger charge is 2.02. The van der Waals surface area contributed by atoms with Gasteiger partial charge < -0.3 is 10.5 Å². The molecule has 3 nitrogen and oxygen atoms in total. The summed E-state index contributed by atoms with van der Waals surface area (Å²) >= 11 is 0. The highest BCUT2D eigenvalue weighted by atomic mass is 16.5. The molecule has 3 heteroatoms. The maximum absolute atomic E-state index is 9.60. The van der Waals surface area contributed by atoms with Crippen molar-refractivity contribution in [3.8, 4) is 0 Å². The summed E-state index contributed by atoms with van der Waals surface area (Å²) in [7, 11) is 0. The Morgan fingerprint density at radius 2 is 1.44 bits per heavy atom. The third-order valence-electron chi connectivity index (χ3n) is 2.83. The Hall–Kier alpha value is -0.730. The van der Waals surface area contributed by atoms with Gasteiger partial charge in [0.15, 0.2) is 0 Å². The third-order valence-corrected chi connectivity index (χ3v) is 2.83. The molecule has 0 aromatic rings. The predicted octanol–water partition coefficient (Wildman–Crippen LogP) is 3.96. The van der Waals surface area contributed by atoms with E-state index in [0.717, 1.165) is 11.8 Å². The maximum atomic E-state index is 9.60. The van der Waals surface area contributed by atoms with Crippen LogP contribution in [-0.2, 0) is 4.74 Å². The number of amides is 1. The Bertz CT molecular complexity index is 150. The lowest BCUT2D eigenvalue weighted by Crippen LogP contribution is -2.11. The van der Waals surface area contributed by atoms with Crippen LogP contribution in [0.3, 0.4) is 0 Å². The first-order chi connectivity index (χ1) is 7.47. The molecule has 0 fully saturated rings. The summed E-state index contributed by atoms with van der Waals surface area (Å²) < 4.78 is 4.18. The zero-order chi connectivity index (χ0) is 13.0. The molecule has 0 spiro atoms. The maximum Gasteiger partial charge on any atom is 0.404 e. The Morgan fingerprint density at radius 3 is 1.56 bits per heavy atom. The highest BCUT2D eigenvalue weighted by molar-refractivity contribution is 5.64. The van der Waals surface area contributed by atoms with E-state index >= 15 is 0 Å². The van der Waals surface area contributed by atoms with Gasteiger partial charge in [-0.2, -0.15) is 0 Å². The molecule has 1 amide bonds. The van der Waals surface area contributed by atoms with Crippen LogP contribution >= 0.6 is 0 Å². The summed E-state index contributed by atoms with van der Waals surface area (Å²) in [5, 5.41) is 0. The van der Waals surface area contributed by atoms with Crippen molar-refractivity contribution in [2.24, 2.45) is 17.6 Å². The molecule has 98 valence electrons. The molecule has 0 aliphatic heterocycles. The van der Waals surface area contributed by atoms with Gasteiger partial charge in [0.2, 0.25) is 0 Å². The van der Waals surface area contributed by atoms with Crippen LogP contribution in [0.5, 0.6) is 0 Å². The number of carbonyl (C=O) groups is 1. The van der Waals surface area contributed by atoms with Gasteiger partial charge in [-0.05, 0) is 18.8 Å². The summed E-state index contributed by atoms with van der Waals surface area (Å²) in [6.45, 7) is 11.3. The molecule has 0 aromatic carbocycles. The topological polar surface area (TPSA) is 52.3 Å². The summed E-state index contributed by atoms with van der Waals surface area (Å²) in [4.78, 5) is 9.60. The van der Waals surface area contributed by atoms with Crippen LogP contribution in [-0.4, -0.2) is 12.7 Å². The van der Waals surface area contributed by atoms with Gasteiger partial charge in [0.05, 0.1) is 6.61 Å². The number of primary amides is 1. The minimum absolute atomic E-state index is 0.356. The predicted molar refractivity (Wildman–Crippen MR) is 69.4 cm³/mol. The van der Waals surface area contributed by atoms with E-state index in [4.69, 9.17) is 0 Å². The Kier molecular flexibility index (Phi) is 13.6. The molecular formula is C13H29NO2. The molecule has 0 aromatic heterocycles. The van der Waals surface area contributed by atoms with Gasteiger partial charge in [0, 0.05) is 0 Å². The van der Waals surface area contributed by atoms with Crippen molar-refractivity contribution < 1.29 is 9.53 Å². The molecule has 2 N–H and O–H groups in total. The van der Waals surface area contributed by atoms with Crippen LogP contribution in [0.1, 0.15) is 60.3 Å². The fraction of sp³-hybridized carbons (Fsp3) is 0.923. The van der Waals surface area contributed by atoms with Crippen molar-refractivity contribution in [2.75, 3.05) is 6.61 Å². The van der Waals surface area contributed by atoms with Crippen LogP contribution in [0.15, 0.2) is 0 Å². The number of hydrogen-bond donors (Lipinski definition) is 1. The van der Waals surface area contributed by atoms with Crippen molar-refractivity contribution in [3.63, 3.8) is 0 Å².